The van der Waals surface area contributed by atoms with Gasteiger partial charge in [-0.1, -0.05) is 20.8 Å². The van der Waals surface area contributed by atoms with Crippen LogP contribution >= 0.6 is 12.6 Å². The minimum atomic E-state index is -0.172. The third-order valence-electron chi connectivity index (χ3n) is 2.67. The zero-order chi connectivity index (χ0) is 11.6. The Hall–Kier alpha value is -0.510. The predicted octanol–water partition coefficient (Wildman–Crippen LogP) is 1.73. The molecule has 0 N–H and O–H groups in total. The molecule has 0 radical (unpaired) electrons. The molecular formula is C11H19NO2S. The highest BCUT2D eigenvalue weighted by Gasteiger charge is 2.37. The zero-order valence-electron chi connectivity index (χ0n) is 9.62. The molecule has 0 aliphatic carbocycles. The van der Waals surface area contributed by atoms with Crippen LogP contribution in [0.25, 0.3) is 0 Å². The molecule has 1 heterocycles. The minimum absolute atomic E-state index is 0.0371. The molecule has 2 amide bonds. The molecule has 15 heavy (non-hydrogen) atoms. The van der Waals surface area contributed by atoms with Crippen molar-refractivity contribution in [2.45, 2.75) is 33.6 Å². The molecule has 0 spiro atoms. The Morgan fingerprint density at radius 2 is 1.80 bits per heavy atom. The van der Waals surface area contributed by atoms with E-state index in [1.165, 1.54) is 4.90 Å². The maximum Gasteiger partial charge on any atom is 0.229 e. The fourth-order valence-electron chi connectivity index (χ4n) is 1.78. The summed E-state index contributed by atoms with van der Waals surface area (Å²) >= 11 is 4.16. The third kappa shape index (κ3) is 3.23. The standard InChI is InChI=1S/C11H19NO2S/c1-8(7-15)6-12-9(13)4-11(2,3)5-10(12)14/h8,15H,4-7H2,1-3H3. The second-order valence-corrected chi connectivity index (χ2v) is 5.57. The number of imide groups is 1. The maximum absolute atomic E-state index is 11.8. The smallest absolute Gasteiger partial charge is 0.229 e. The van der Waals surface area contributed by atoms with Gasteiger partial charge in [0.05, 0.1) is 0 Å². The van der Waals surface area contributed by atoms with E-state index in [9.17, 15) is 9.59 Å². The summed E-state index contributed by atoms with van der Waals surface area (Å²) in [5.74, 6) is 0.887. The van der Waals surface area contributed by atoms with E-state index in [-0.39, 0.29) is 23.1 Å². The van der Waals surface area contributed by atoms with Crippen molar-refractivity contribution in [3.05, 3.63) is 0 Å². The summed E-state index contributed by atoms with van der Waals surface area (Å²) in [7, 11) is 0. The van der Waals surface area contributed by atoms with Crippen LogP contribution in [0.2, 0.25) is 0 Å². The first-order chi connectivity index (χ1) is 6.85. The average Bonchev–Trinajstić information content (AvgIpc) is 2.09. The molecule has 0 aromatic rings. The van der Waals surface area contributed by atoms with Gasteiger partial charge in [-0.05, 0) is 17.1 Å². The Morgan fingerprint density at radius 1 is 1.33 bits per heavy atom. The van der Waals surface area contributed by atoms with Crippen LogP contribution in [0.15, 0.2) is 0 Å². The van der Waals surface area contributed by atoms with E-state index in [2.05, 4.69) is 12.6 Å². The monoisotopic (exact) mass is 229 g/mol. The zero-order valence-corrected chi connectivity index (χ0v) is 10.5. The number of carbonyl (C=O) groups is 2. The lowest BCUT2D eigenvalue weighted by Gasteiger charge is -2.35. The molecule has 1 unspecified atom stereocenters. The van der Waals surface area contributed by atoms with Crippen LogP contribution < -0.4 is 0 Å². The number of carbonyl (C=O) groups excluding carboxylic acids is 2. The van der Waals surface area contributed by atoms with Crippen LogP contribution in [0.1, 0.15) is 33.6 Å². The van der Waals surface area contributed by atoms with Gasteiger partial charge < -0.3 is 0 Å². The first kappa shape index (κ1) is 12.6. The Kier molecular flexibility index (Phi) is 3.82. The van der Waals surface area contributed by atoms with Gasteiger partial charge in [0.25, 0.3) is 0 Å². The number of likely N-dealkylation sites (tertiary alicyclic amines) is 1. The van der Waals surface area contributed by atoms with Crippen molar-refractivity contribution in [2.75, 3.05) is 12.3 Å². The molecule has 4 heteroatoms. The molecule has 86 valence electrons. The van der Waals surface area contributed by atoms with Gasteiger partial charge in [0.15, 0.2) is 0 Å². The van der Waals surface area contributed by atoms with Crippen molar-refractivity contribution in [1.82, 2.24) is 4.90 Å². The Bertz CT molecular complexity index is 256. The van der Waals surface area contributed by atoms with E-state index >= 15 is 0 Å². The van der Waals surface area contributed by atoms with Crippen molar-refractivity contribution in [3.63, 3.8) is 0 Å². The van der Waals surface area contributed by atoms with Crippen molar-refractivity contribution >= 4 is 24.4 Å². The van der Waals surface area contributed by atoms with Gasteiger partial charge in [0.1, 0.15) is 0 Å². The van der Waals surface area contributed by atoms with Gasteiger partial charge >= 0.3 is 0 Å². The molecule has 1 rings (SSSR count). The fraction of sp³-hybridized carbons (Fsp3) is 0.818. The number of piperidine rings is 1. The molecule has 0 bridgehead atoms. The summed E-state index contributed by atoms with van der Waals surface area (Å²) in [6, 6.07) is 0. The number of nitrogens with zero attached hydrogens (tertiary/aromatic N) is 1. The van der Waals surface area contributed by atoms with Crippen molar-refractivity contribution in [1.29, 1.82) is 0 Å². The summed E-state index contributed by atoms with van der Waals surface area (Å²) in [4.78, 5) is 24.9. The number of amides is 2. The van der Waals surface area contributed by atoms with E-state index in [0.717, 1.165) is 0 Å². The number of rotatable bonds is 3. The van der Waals surface area contributed by atoms with Gasteiger partial charge in [-0.3, -0.25) is 14.5 Å². The molecule has 3 nitrogen and oxygen atoms in total. The van der Waals surface area contributed by atoms with Crippen LogP contribution in [0.3, 0.4) is 0 Å². The van der Waals surface area contributed by atoms with Gasteiger partial charge in [0, 0.05) is 19.4 Å². The van der Waals surface area contributed by atoms with Crippen molar-refractivity contribution in [2.24, 2.45) is 11.3 Å². The van der Waals surface area contributed by atoms with Gasteiger partial charge in [-0.25, -0.2) is 0 Å². The normalized spacial score (nSPS) is 23.1. The molecule has 1 aliphatic heterocycles. The summed E-state index contributed by atoms with van der Waals surface area (Å²) in [5.41, 5.74) is -0.172. The Balaban J connectivity index is 2.67. The molecule has 0 aromatic carbocycles. The van der Waals surface area contributed by atoms with E-state index in [1.807, 2.05) is 20.8 Å². The highest BCUT2D eigenvalue weighted by atomic mass is 32.1. The van der Waals surface area contributed by atoms with Crippen LogP contribution in [0.4, 0.5) is 0 Å². The molecule has 0 saturated carbocycles. The number of hydrogen-bond donors (Lipinski definition) is 1. The SMILES string of the molecule is CC(CS)CN1C(=O)CC(C)(C)CC1=O. The summed E-state index contributed by atoms with van der Waals surface area (Å²) in [6.07, 6.45) is 0.941. The van der Waals surface area contributed by atoms with Crippen molar-refractivity contribution in [3.8, 4) is 0 Å². The van der Waals surface area contributed by atoms with Crippen LogP contribution in [-0.2, 0) is 9.59 Å². The van der Waals surface area contributed by atoms with Gasteiger partial charge in [0.2, 0.25) is 11.8 Å². The Morgan fingerprint density at radius 3 is 2.20 bits per heavy atom. The second kappa shape index (κ2) is 4.56. The number of thiol groups is 1. The van der Waals surface area contributed by atoms with Crippen LogP contribution in [0, 0.1) is 11.3 Å². The van der Waals surface area contributed by atoms with Gasteiger partial charge in [-0.2, -0.15) is 12.6 Å². The topological polar surface area (TPSA) is 37.4 Å². The molecule has 1 saturated heterocycles. The summed E-state index contributed by atoms with van der Waals surface area (Å²) in [5, 5.41) is 0. The van der Waals surface area contributed by atoms with E-state index in [0.29, 0.717) is 25.1 Å². The maximum atomic E-state index is 11.8. The summed E-state index contributed by atoms with van der Waals surface area (Å²) in [6.45, 7) is 6.43. The lowest BCUT2D eigenvalue weighted by Crippen LogP contribution is -2.47. The van der Waals surface area contributed by atoms with Gasteiger partial charge in [-0.15, -0.1) is 0 Å². The lowest BCUT2D eigenvalue weighted by atomic mass is 9.81. The highest BCUT2D eigenvalue weighted by molar-refractivity contribution is 7.80. The fourth-order valence-corrected chi connectivity index (χ4v) is 1.90. The lowest BCUT2D eigenvalue weighted by molar-refractivity contribution is -0.153. The van der Waals surface area contributed by atoms with Crippen molar-refractivity contribution < 1.29 is 9.59 Å². The molecule has 1 fully saturated rings. The molecule has 1 atom stereocenters. The average molecular weight is 229 g/mol. The number of hydrogen-bond acceptors (Lipinski definition) is 3. The molecule has 1 aliphatic rings. The quantitative estimate of drug-likeness (QED) is 0.591. The minimum Gasteiger partial charge on any atom is -0.282 e. The summed E-state index contributed by atoms with van der Waals surface area (Å²) < 4.78 is 0. The first-order valence-electron chi connectivity index (χ1n) is 5.30. The molecule has 0 aromatic heterocycles. The second-order valence-electron chi connectivity index (χ2n) is 5.20. The highest BCUT2D eigenvalue weighted by Crippen LogP contribution is 2.31. The van der Waals surface area contributed by atoms with Crippen LogP contribution in [0.5, 0.6) is 0 Å². The predicted molar refractivity (Wildman–Crippen MR) is 62.8 cm³/mol. The van der Waals surface area contributed by atoms with E-state index in [1.54, 1.807) is 0 Å². The molecular weight excluding hydrogens is 210 g/mol. The van der Waals surface area contributed by atoms with E-state index < -0.39 is 0 Å². The van der Waals surface area contributed by atoms with Crippen LogP contribution in [-0.4, -0.2) is 29.0 Å². The first-order valence-corrected chi connectivity index (χ1v) is 5.93. The van der Waals surface area contributed by atoms with E-state index in [4.69, 9.17) is 0 Å². The third-order valence-corrected chi connectivity index (χ3v) is 3.29. The largest absolute Gasteiger partial charge is 0.282 e. The Labute approximate surface area is 96.6 Å².